The van der Waals surface area contributed by atoms with E-state index in [1.807, 2.05) is 0 Å². The molecule has 0 unspecified atom stereocenters. The van der Waals surface area contributed by atoms with Gasteiger partial charge in [0.05, 0.1) is 0 Å². The lowest BCUT2D eigenvalue weighted by Gasteiger charge is -2.13. The molecule has 0 saturated carbocycles. The first kappa shape index (κ1) is 10.6. The Bertz CT molecular complexity index is 518. The number of benzene rings is 1. The zero-order chi connectivity index (χ0) is 11.2. The second-order valence-electron chi connectivity index (χ2n) is 3.03. The topological polar surface area (TPSA) is 54.4 Å². The van der Waals surface area contributed by atoms with Crippen LogP contribution < -0.4 is 0 Å². The number of aliphatic hydroxyl groups is 1. The molecule has 3 nitrogen and oxygen atoms in total. The van der Waals surface area contributed by atoms with Crippen LogP contribution in [0.1, 0.15) is 15.9 Å². The number of carbonyl (C=O) groups is 2. The average Bonchev–Trinajstić information content (AvgIpc) is 2.12. The fourth-order valence-corrected chi connectivity index (χ4v) is 2.84. The van der Waals surface area contributed by atoms with Gasteiger partial charge in [-0.1, -0.05) is 15.9 Å². The number of allylic oxidation sites excluding steroid dienone is 1. The molecule has 76 valence electrons. The quantitative estimate of drug-likeness (QED) is 0.744. The van der Waals surface area contributed by atoms with Crippen LogP contribution in [0.3, 0.4) is 0 Å². The van der Waals surface area contributed by atoms with Crippen LogP contribution in [0.2, 0.25) is 0 Å². The third-order valence-corrected chi connectivity index (χ3v) is 3.13. The van der Waals surface area contributed by atoms with Gasteiger partial charge in [0.15, 0.2) is 0 Å². The Hall–Kier alpha value is -0.940. The molecule has 15 heavy (non-hydrogen) atoms. The molecule has 2 rings (SSSR count). The number of fused-ring (bicyclic) bond motifs is 1. The summed E-state index contributed by atoms with van der Waals surface area (Å²) in [5.74, 6) is -1.50. The molecule has 0 amide bonds. The third-order valence-electron chi connectivity index (χ3n) is 2.05. The summed E-state index contributed by atoms with van der Waals surface area (Å²) in [5, 5.41) is 9.56. The van der Waals surface area contributed by atoms with Gasteiger partial charge in [-0.25, -0.2) is 0 Å². The van der Waals surface area contributed by atoms with Crippen LogP contribution in [0.4, 0.5) is 0 Å². The number of rotatable bonds is 0. The summed E-state index contributed by atoms with van der Waals surface area (Å²) in [5.41, 5.74) is 0.573. The molecule has 1 aromatic rings. The van der Waals surface area contributed by atoms with Gasteiger partial charge in [0.1, 0.15) is 5.76 Å². The molecule has 0 spiro atoms. The van der Waals surface area contributed by atoms with Crippen molar-refractivity contribution < 1.29 is 14.7 Å². The molecule has 1 aromatic carbocycles. The Labute approximate surface area is 102 Å². The lowest BCUT2D eigenvalue weighted by atomic mass is 9.94. The minimum absolute atomic E-state index is 0.186. The Morgan fingerprint density at radius 2 is 1.80 bits per heavy atom. The number of aliphatic hydroxyl groups excluding tert-OH is 1. The van der Waals surface area contributed by atoms with E-state index in [9.17, 15) is 14.7 Å². The molecule has 1 N–H and O–H groups in total. The molecule has 0 atom stereocenters. The predicted molar refractivity (Wildman–Crippen MR) is 61.8 cm³/mol. The molecule has 0 radical (unpaired) electrons. The van der Waals surface area contributed by atoms with Crippen LogP contribution in [0, 0.1) is 0 Å². The van der Waals surface area contributed by atoms with Crippen LogP contribution in [-0.4, -0.2) is 16.7 Å². The minimum Gasteiger partial charge on any atom is -0.507 e. The second kappa shape index (κ2) is 3.57. The number of ketones is 2. The predicted octanol–water partition coefficient (Wildman–Crippen LogP) is 2.88. The first-order chi connectivity index (χ1) is 7.00. The normalized spacial score (nSPS) is 14.9. The van der Waals surface area contributed by atoms with Crippen molar-refractivity contribution in [3.63, 3.8) is 0 Å². The second-order valence-corrected chi connectivity index (χ2v) is 4.80. The van der Waals surface area contributed by atoms with E-state index in [4.69, 9.17) is 0 Å². The van der Waals surface area contributed by atoms with E-state index in [2.05, 4.69) is 31.9 Å². The maximum Gasteiger partial charge on any atom is 0.233 e. The molecule has 0 heterocycles. The van der Waals surface area contributed by atoms with Gasteiger partial charge in [-0.3, -0.25) is 9.59 Å². The minimum atomic E-state index is -0.704. The number of halogens is 2. The fourth-order valence-electron chi connectivity index (χ4n) is 1.41. The highest BCUT2D eigenvalue weighted by Gasteiger charge is 2.27. The number of Topliss-reactive ketones (excluding diaryl/α,β-unsaturated/α-hetero) is 1. The molecule has 0 bridgehead atoms. The molecule has 1 aliphatic carbocycles. The van der Waals surface area contributed by atoms with Crippen molar-refractivity contribution in [2.75, 3.05) is 0 Å². The summed E-state index contributed by atoms with van der Waals surface area (Å²) in [7, 11) is 0. The van der Waals surface area contributed by atoms with Crippen LogP contribution in [-0.2, 0) is 4.79 Å². The zero-order valence-electron chi connectivity index (χ0n) is 7.25. The Morgan fingerprint density at radius 3 is 2.47 bits per heavy atom. The molecular weight excluding hydrogens is 328 g/mol. The van der Waals surface area contributed by atoms with Gasteiger partial charge in [-0.15, -0.1) is 0 Å². The highest BCUT2D eigenvalue weighted by atomic mass is 79.9. The molecule has 0 fully saturated rings. The van der Waals surface area contributed by atoms with E-state index < -0.39 is 11.6 Å². The Morgan fingerprint density at radius 1 is 1.13 bits per heavy atom. The Kier molecular flexibility index (Phi) is 2.52. The van der Waals surface area contributed by atoms with Crippen LogP contribution >= 0.6 is 31.9 Å². The average molecular weight is 332 g/mol. The highest BCUT2D eigenvalue weighted by Crippen LogP contribution is 2.33. The summed E-state index contributed by atoms with van der Waals surface area (Å²) in [4.78, 5) is 22.7. The SMILES string of the molecule is O=C1C=C(O)c2c(Br)cc(Br)cc2C1=O. The summed E-state index contributed by atoms with van der Waals surface area (Å²) in [6.45, 7) is 0. The van der Waals surface area contributed by atoms with E-state index >= 15 is 0 Å². The molecule has 5 heteroatoms. The van der Waals surface area contributed by atoms with E-state index in [1.54, 1.807) is 6.07 Å². The Balaban J connectivity index is 2.80. The third kappa shape index (κ3) is 1.66. The van der Waals surface area contributed by atoms with Gasteiger partial charge >= 0.3 is 0 Å². The number of carbonyl (C=O) groups excluding carboxylic acids is 2. The first-order valence-corrected chi connectivity index (χ1v) is 5.58. The molecule has 0 aromatic heterocycles. The zero-order valence-corrected chi connectivity index (χ0v) is 10.4. The first-order valence-electron chi connectivity index (χ1n) is 3.99. The molecular formula is C10H4Br2O3. The number of hydrogen-bond donors (Lipinski definition) is 1. The van der Waals surface area contributed by atoms with Gasteiger partial charge < -0.3 is 5.11 Å². The van der Waals surface area contributed by atoms with E-state index in [-0.39, 0.29) is 11.3 Å². The largest absolute Gasteiger partial charge is 0.507 e. The van der Waals surface area contributed by atoms with Gasteiger partial charge in [0.25, 0.3) is 0 Å². The van der Waals surface area contributed by atoms with E-state index in [0.717, 1.165) is 6.08 Å². The molecule has 1 aliphatic rings. The summed E-state index contributed by atoms with van der Waals surface area (Å²) < 4.78 is 1.24. The van der Waals surface area contributed by atoms with Crippen molar-refractivity contribution in [1.29, 1.82) is 0 Å². The van der Waals surface area contributed by atoms with Crippen molar-refractivity contribution in [2.24, 2.45) is 0 Å². The van der Waals surface area contributed by atoms with E-state index in [1.165, 1.54) is 6.07 Å². The van der Waals surface area contributed by atoms with Gasteiger partial charge in [-0.2, -0.15) is 0 Å². The standard InChI is InChI=1S/C10H4Br2O3/c11-4-1-5-9(6(12)2-4)7(13)3-8(14)10(5)15/h1-3,13H. The summed E-state index contributed by atoms with van der Waals surface area (Å²) in [6.07, 6.45) is 0.934. The van der Waals surface area contributed by atoms with Gasteiger partial charge in [0.2, 0.25) is 11.6 Å². The monoisotopic (exact) mass is 330 g/mol. The fraction of sp³-hybridized carbons (Fsp3) is 0. The highest BCUT2D eigenvalue weighted by molar-refractivity contribution is 9.11. The maximum atomic E-state index is 11.5. The summed E-state index contributed by atoms with van der Waals surface area (Å²) in [6, 6.07) is 3.22. The van der Waals surface area contributed by atoms with Crippen LogP contribution in [0.25, 0.3) is 5.76 Å². The van der Waals surface area contributed by atoms with Crippen molar-refractivity contribution in [3.8, 4) is 0 Å². The van der Waals surface area contributed by atoms with Crippen molar-refractivity contribution >= 4 is 49.2 Å². The van der Waals surface area contributed by atoms with Crippen molar-refractivity contribution in [3.05, 3.63) is 38.3 Å². The van der Waals surface area contributed by atoms with Crippen molar-refractivity contribution in [2.45, 2.75) is 0 Å². The number of hydrogen-bond acceptors (Lipinski definition) is 3. The van der Waals surface area contributed by atoms with Crippen LogP contribution in [0.5, 0.6) is 0 Å². The maximum absolute atomic E-state index is 11.5. The summed E-state index contributed by atoms with van der Waals surface area (Å²) >= 11 is 6.44. The van der Waals surface area contributed by atoms with Crippen LogP contribution in [0.15, 0.2) is 27.2 Å². The lowest BCUT2D eigenvalue weighted by Crippen LogP contribution is -2.19. The molecule has 0 saturated heterocycles. The van der Waals surface area contributed by atoms with E-state index in [0.29, 0.717) is 14.5 Å². The van der Waals surface area contributed by atoms with Crippen molar-refractivity contribution in [1.82, 2.24) is 0 Å². The smallest absolute Gasteiger partial charge is 0.233 e. The van der Waals surface area contributed by atoms with Gasteiger partial charge in [-0.05, 0) is 28.1 Å². The van der Waals surface area contributed by atoms with Gasteiger partial charge in [0, 0.05) is 26.1 Å². The molecule has 0 aliphatic heterocycles. The lowest BCUT2D eigenvalue weighted by molar-refractivity contribution is -0.111.